The van der Waals surface area contributed by atoms with E-state index >= 15 is 0 Å². The molecule has 0 saturated heterocycles. The van der Waals surface area contributed by atoms with Crippen LogP contribution in [-0.2, 0) is 4.74 Å². The number of aromatic nitrogens is 1. The van der Waals surface area contributed by atoms with Gasteiger partial charge in [-0.05, 0) is 32.4 Å². The summed E-state index contributed by atoms with van der Waals surface area (Å²) in [6.07, 6.45) is 2.84. The predicted octanol–water partition coefficient (Wildman–Crippen LogP) is 2.18. The summed E-state index contributed by atoms with van der Waals surface area (Å²) in [6.45, 7) is 5.58. The molecule has 1 heterocycles. The van der Waals surface area contributed by atoms with E-state index in [1.54, 1.807) is 18.3 Å². The summed E-state index contributed by atoms with van der Waals surface area (Å²) in [7, 11) is 0. The molecule has 0 saturated carbocycles. The Morgan fingerprint density at radius 2 is 2.38 bits per heavy atom. The molecule has 0 bridgehead atoms. The average molecular weight is 219 g/mol. The fraction of sp³-hybridized carbons (Fsp3) is 0.500. The minimum atomic E-state index is 0.278. The van der Waals surface area contributed by atoms with Crippen molar-refractivity contribution in [3.05, 3.63) is 23.9 Å². The molecule has 4 nitrogen and oxygen atoms in total. The zero-order valence-electron chi connectivity index (χ0n) is 9.73. The standard InChI is InChI=1S/C12H17N3O/c1-10(2)16-7-3-5-14-12-8-11(9-13)4-6-15-12/h4,6,8,10H,3,5,7H2,1-2H3,(H,14,15). The van der Waals surface area contributed by atoms with E-state index in [9.17, 15) is 0 Å². The quantitative estimate of drug-likeness (QED) is 0.745. The summed E-state index contributed by atoms with van der Waals surface area (Å²) in [5, 5.41) is 11.9. The highest BCUT2D eigenvalue weighted by Gasteiger charge is 1.96. The molecule has 1 aromatic rings. The minimum Gasteiger partial charge on any atom is -0.379 e. The Morgan fingerprint density at radius 3 is 3.06 bits per heavy atom. The predicted molar refractivity (Wildman–Crippen MR) is 63.1 cm³/mol. The van der Waals surface area contributed by atoms with E-state index in [0.29, 0.717) is 5.56 Å². The number of anilines is 1. The van der Waals surface area contributed by atoms with Crippen LogP contribution in [0.15, 0.2) is 18.3 Å². The Morgan fingerprint density at radius 1 is 1.56 bits per heavy atom. The van der Waals surface area contributed by atoms with Crippen LogP contribution in [0.25, 0.3) is 0 Å². The molecule has 0 spiro atoms. The summed E-state index contributed by atoms with van der Waals surface area (Å²) in [4.78, 5) is 4.12. The molecule has 0 aliphatic carbocycles. The minimum absolute atomic E-state index is 0.278. The molecule has 0 radical (unpaired) electrons. The van der Waals surface area contributed by atoms with Crippen molar-refractivity contribution in [3.63, 3.8) is 0 Å². The van der Waals surface area contributed by atoms with E-state index in [-0.39, 0.29) is 6.10 Å². The maximum Gasteiger partial charge on any atom is 0.127 e. The first-order chi connectivity index (χ1) is 7.72. The molecule has 0 unspecified atom stereocenters. The number of pyridine rings is 1. The van der Waals surface area contributed by atoms with Crippen molar-refractivity contribution in [2.24, 2.45) is 0 Å². The van der Waals surface area contributed by atoms with Crippen LogP contribution in [-0.4, -0.2) is 24.2 Å². The molecule has 4 heteroatoms. The highest BCUT2D eigenvalue weighted by molar-refractivity contribution is 5.42. The van der Waals surface area contributed by atoms with Crippen molar-refractivity contribution in [2.75, 3.05) is 18.5 Å². The van der Waals surface area contributed by atoms with Crippen LogP contribution in [0.5, 0.6) is 0 Å². The molecule has 1 rings (SSSR count). The lowest BCUT2D eigenvalue weighted by Crippen LogP contribution is -2.09. The lowest BCUT2D eigenvalue weighted by atomic mass is 10.3. The normalized spacial score (nSPS) is 10.1. The lowest BCUT2D eigenvalue weighted by Gasteiger charge is -2.08. The largest absolute Gasteiger partial charge is 0.379 e. The second-order valence-electron chi connectivity index (χ2n) is 3.74. The highest BCUT2D eigenvalue weighted by Crippen LogP contribution is 2.05. The Bertz CT molecular complexity index is 358. The van der Waals surface area contributed by atoms with Crippen LogP contribution in [0.4, 0.5) is 5.82 Å². The Balaban J connectivity index is 2.24. The highest BCUT2D eigenvalue weighted by atomic mass is 16.5. The topological polar surface area (TPSA) is 57.9 Å². The summed E-state index contributed by atoms with van der Waals surface area (Å²) in [6, 6.07) is 5.51. The van der Waals surface area contributed by atoms with Gasteiger partial charge in [-0.3, -0.25) is 0 Å². The third-order valence-corrected chi connectivity index (χ3v) is 1.97. The van der Waals surface area contributed by atoms with E-state index in [1.807, 2.05) is 13.8 Å². The molecule has 1 N–H and O–H groups in total. The van der Waals surface area contributed by atoms with Gasteiger partial charge in [0, 0.05) is 19.3 Å². The zero-order valence-corrected chi connectivity index (χ0v) is 9.73. The van der Waals surface area contributed by atoms with Crippen LogP contribution < -0.4 is 5.32 Å². The van der Waals surface area contributed by atoms with Crippen LogP contribution in [0.3, 0.4) is 0 Å². The number of nitrogens with one attached hydrogen (secondary N) is 1. The number of hydrogen-bond acceptors (Lipinski definition) is 4. The maximum atomic E-state index is 8.71. The fourth-order valence-corrected chi connectivity index (χ4v) is 1.20. The molecule has 0 fully saturated rings. The molecule has 0 aromatic carbocycles. The number of nitriles is 1. The first kappa shape index (κ1) is 12.5. The molecular weight excluding hydrogens is 202 g/mol. The van der Waals surface area contributed by atoms with E-state index in [0.717, 1.165) is 25.4 Å². The molecule has 0 aliphatic heterocycles. The van der Waals surface area contributed by atoms with Crippen molar-refractivity contribution < 1.29 is 4.74 Å². The molecule has 0 atom stereocenters. The SMILES string of the molecule is CC(C)OCCCNc1cc(C#N)ccn1. The number of rotatable bonds is 6. The lowest BCUT2D eigenvalue weighted by molar-refractivity contribution is 0.0787. The van der Waals surface area contributed by atoms with Gasteiger partial charge in [-0.15, -0.1) is 0 Å². The van der Waals surface area contributed by atoms with Gasteiger partial charge >= 0.3 is 0 Å². The Labute approximate surface area is 96.3 Å². The van der Waals surface area contributed by atoms with E-state index in [4.69, 9.17) is 10.00 Å². The smallest absolute Gasteiger partial charge is 0.127 e. The molecule has 86 valence electrons. The summed E-state index contributed by atoms with van der Waals surface area (Å²) in [5.41, 5.74) is 0.621. The van der Waals surface area contributed by atoms with Gasteiger partial charge in [-0.2, -0.15) is 5.26 Å². The van der Waals surface area contributed by atoms with Crippen LogP contribution in [0.2, 0.25) is 0 Å². The summed E-state index contributed by atoms with van der Waals surface area (Å²) < 4.78 is 5.41. The zero-order chi connectivity index (χ0) is 11.8. The van der Waals surface area contributed by atoms with Gasteiger partial charge in [-0.25, -0.2) is 4.98 Å². The fourth-order valence-electron chi connectivity index (χ4n) is 1.20. The van der Waals surface area contributed by atoms with Crippen molar-refractivity contribution >= 4 is 5.82 Å². The maximum absolute atomic E-state index is 8.71. The van der Waals surface area contributed by atoms with Crippen LogP contribution in [0, 0.1) is 11.3 Å². The van der Waals surface area contributed by atoms with Crippen LogP contribution >= 0.6 is 0 Å². The molecular formula is C12H17N3O. The Hall–Kier alpha value is -1.60. The van der Waals surface area contributed by atoms with Crippen LogP contribution in [0.1, 0.15) is 25.8 Å². The third kappa shape index (κ3) is 4.76. The van der Waals surface area contributed by atoms with E-state index in [2.05, 4.69) is 16.4 Å². The van der Waals surface area contributed by atoms with Gasteiger partial charge in [0.1, 0.15) is 5.82 Å². The van der Waals surface area contributed by atoms with Gasteiger partial charge in [-0.1, -0.05) is 0 Å². The summed E-state index contributed by atoms with van der Waals surface area (Å²) >= 11 is 0. The number of hydrogen-bond donors (Lipinski definition) is 1. The van der Waals surface area contributed by atoms with Crippen molar-refractivity contribution in [1.29, 1.82) is 5.26 Å². The van der Waals surface area contributed by atoms with E-state index in [1.165, 1.54) is 0 Å². The van der Waals surface area contributed by atoms with Crippen molar-refractivity contribution in [3.8, 4) is 6.07 Å². The molecule has 1 aromatic heterocycles. The molecule has 0 amide bonds. The summed E-state index contributed by atoms with van der Waals surface area (Å²) in [5.74, 6) is 0.739. The number of ether oxygens (including phenoxy) is 1. The van der Waals surface area contributed by atoms with Gasteiger partial charge in [0.15, 0.2) is 0 Å². The van der Waals surface area contributed by atoms with Gasteiger partial charge in [0.25, 0.3) is 0 Å². The van der Waals surface area contributed by atoms with Gasteiger partial charge in [0.05, 0.1) is 17.7 Å². The second kappa shape index (κ2) is 6.81. The monoisotopic (exact) mass is 219 g/mol. The second-order valence-corrected chi connectivity index (χ2v) is 3.74. The van der Waals surface area contributed by atoms with Gasteiger partial charge in [0.2, 0.25) is 0 Å². The van der Waals surface area contributed by atoms with E-state index < -0.39 is 0 Å². The average Bonchev–Trinajstić information content (AvgIpc) is 2.28. The first-order valence-electron chi connectivity index (χ1n) is 5.44. The first-order valence-corrected chi connectivity index (χ1v) is 5.44. The number of nitrogens with zero attached hydrogens (tertiary/aromatic N) is 2. The molecule has 16 heavy (non-hydrogen) atoms. The molecule has 0 aliphatic rings. The van der Waals surface area contributed by atoms with Crippen molar-refractivity contribution in [2.45, 2.75) is 26.4 Å². The van der Waals surface area contributed by atoms with Gasteiger partial charge < -0.3 is 10.1 Å². The van der Waals surface area contributed by atoms with Crippen molar-refractivity contribution in [1.82, 2.24) is 4.98 Å². The Kier molecular flexibility index (Phi) is 5.30. The third-order valence-electron chi connectivity index (χ3n) is 1.97.